The van der Waals surface area contributed by atoms with Gasteiger partial charge in [0, 0.05) is 36.1 Å². The topological polar surface area (TPSA) is 72.4 Å². The fraction of sp³-hybridized carbons (Fsp3) is 0.571. The Morgan fingerprint density at radius 3 is 2.63 bits per heavy atom. The lowest BCUT2D eigenvalue weighted by Crippen LogP contribution is -2.27. The molecular formula is C14H21N3O2. The van der Waals surface area contributed by atoms with E-state index in [-0.39, 0.29) is 10.6 Å². The van der Waals surface area contributed by atoms with E-state index < -0.39 is 0 Å². The van der Waals surface area contributed by atoms with E-state index in [4.69, 9.17) is 5.73 Å². The van der Waals surface area contributed by atoms with Gasteiger partial charge in [0.25, 0.3) is 5.69 Å². The van der Waals surface area contributed by atoms with E-state index in [0.717, 1.165) is 18.7 Å². The molecule has 1 aromatic rings. The lowest BCUT2D eigenvalue weighted by Gasteiger charge is -2.25. The highest BCUT2D eigenvalue weighted by Crippen LogP contribution is 2.35. The molecule has 1 aliphatic rings. The van der Waals surface area contributed by atoms with Crippen LogP contribution in [0.4, 0.5) is 17.1 Å². The van der Waals surface area contributed by atoms with Crippen LogP contribution in [0.5, 0.6) is 0 Å². The Labute approximate surface area is 113 Å². The van der Waals surface area contributed by atoms with Crippen LogP contribution < -0.4 is 10.6 Å². The summed E-state index contributed by atoms with van der Waals surface area (Å²) >= 11 is 0. The molecule has 0 bridgehead atoms. The molecule has 0 heterocycles. The number of rotatable bonds is 6. The Balaban J connectivity index is 2.23. The maximum atomic E-state index is 10.9. The lowest BCUT2D eigenvalue weighted by molar-refractivity contribution is -0.384. The zero-order valence-corrected chi connectivity index (χ0v) is 11.5. The minimum absolute atomic E-state index is 0.0743. The molecule has 5 heteroatoms. The Morgan fingerprint density at radius 1 is 1.42 bits per heavy atom. The highest BCUT2D eigenvalue weighted by atomic mass is 16.6. The van der Waals surface area contributed by atoms with Gasteiger partial charge in [0.15, 0.2) is 0 Å². The summed E-state index contributed by atoms with van der Waals surface area (Å²) in [4.78, 5) is 12.8. The van der Waals surface area contributed by atoms with Crippen molar-refractivity contribution in [2.45, 2.75) is 39.2 Å². The number of non-ortho nitro benzene ring substituents is 1. The van der Waals surface area contributed by atoms with Crippen molar-refractivity contribution in [1.29, 1.82) is 0 Å². The largest absolute Gasteiger partial charge is 0.398 e. The minimum Gasteiger partial charge on any atom is -0.398 e. The Hall–Kier alpha value is -1.78. The van der Waals surface area contributed by atoms with Crippen molar-refractivity contribution in [3.63, 3.8) is 0 Å². The molecule has 1 aliphatic carbocycles. The van der Waals surface area contributed by atoms with E-state index in [1.807, 2.05) is 6.07 Å². The number of hydrogen-bond acceptors (Lipinski definition) is 4. The van der Waals surface area contributed by atoms with Gasteiger partial charge in [-0.1, -0.05) is 13.8 Å². The second-order valence-electron chi connectivity index (χ2n) is 5.65. The fourth-order valence-corrected chi connectivity index (χ4v) is 2.20. The highest BCUT2D eigenvalue weighted by molar-refractivity contribution is 5.63. The Bertz CT molecular complexity index is 470. The summed E-state index contributed by atoms with van der Waals surface area (Å²) < 4.78 is 0. The number of nitro benzene ring substituents is 1. The molecule has 0 amide bonds. The molecule has 104 valence electrons. The van der Waals surface area contributed by atoms with Gasteiger partial charge < -0.3 is 10.6 Å². The third-order valence-electron chi connectivity index (χ3n) is 3.40. The van der Waals surface area contributed by atoms with Crippen LogP contribution in [0.3, 0.4) is 0 Å². The third kappa shape index (κ3) is 3.59. The van der Waals surface area contributed by atoms with Crippen LogP contribution in [-0.2, 0) is 0 Å². The van der Waals surface area contributed by atoms with Crippen molar-refractivity contribution in [1.82, 2.24) is 0 Å². The van der Waals surface area contributed by atoms with Crippen LogP contribution in [0.2, 0.25) is 0 Å². The first-order valence-corrected chi connectivity index (χ1v) is 6.79. The molecule has 2 rings (SSSR count). The van der Waals surface area contributed by atoms with Gasteiger partial charge in [-0.05, 0) is 31.2 Å². The second kappa shape index (κ2) is 5.47. The Morgan fingerprint density at radius 2 is 2.11 bits per heavy atom. The van der Waals surface area contributed by atoms with Crippen molar-refractivity contribution in [2.75, 3.05) is 17.2 Å². The minimum atomic E-state index is -0.382. The van der Waals surface area contributed by atoms with Crippen LogP contribution >= 0.6 is 0 Å². The first-order valence-electron chi connectivity index (χ1n) is 6.79. The van der Waals surface area contributed by atoms with Crippen molar-refractivity contribution < 1.29 is 4.92 Å². The van der Waals surface area contributed by atoms with Gasteiger partial charge >= 0.3 is 0 Å². The molecule has 0 saturated heterocycles. The molecule has 1 fully saturated rings. The number of benzene rings is 1. The average Bonchev–Trinajstić information content (AvgIpc) is 3.12. The average molecular weight is 263 g/mol. The van der Waals surface area contributed by atoms with Gasteiger partial charge in [0.1, 0.15) is 0 Å². The molecule has 19 heavy (non-hydrogen) atoms. The zero-order valence-electron chi connectivity index (χ0n) is 11.5. The quantitative estimate of drug-likeness (QED) is 0.486. The molecule has 0 radical (unpaired) electrons. The number of nitrogens with zero attached hydrogens (tertiary/aromatic N) is 2. The van der Waals surface area contributed by atoms with Crippen molar-refractivity contribution in [3.05, 3.63) is 28.3 Å². The standard InChI is InChI=1S/C14H21N3O2/c1-10(2)5-6-16(12-3-4-12)13-7-11(15)8-14(9-13)17(18)19/h7-10,12H,3-6,15H2,1-2H3. The van der Waals surface area contributed by atoms with E-state index in [1.165, 1.54) is 18.9 Å². The number of nitro groups is 1. The zero-order chi connectivity index (χ0) is 14.0. The van der Waals surface area contributed by atoms with E-state index >= 15 is 0 Å². The molecule has 1 aromatic carbocycles. The summed E-state index contributed by atoms with van der Waals surface area (Å²) in [7, 11) is 0. The predicted octanol–water partition coefficient (Wildman–Crippen LogP) is 3.19. The maximum Gasteiger partial charge on any atom is 0.273 e. The SMILES string of the molecule is CC(C)CCN(c1cc(N)cc([N+](=O)[O-])c1)C1CC1. The summed E-state index contributed by atoms with van der Waals surface area (Å²) in [5, 5.41) is 10.9. The predicted molar refractivity (Wildman–Crippen MR) is 77.3 cm³/mol. The summed E-state index contributed by atoms with van der Waals surface area (Å²) in [6, 6.07) is 5.41. The van der Waals surface area contributed by atoms with Gasteiger partial charge in [-0.25, -0.2) is 0 Å². The normalized spacial score (nSPS) is 14.7. The van der Waals surface area contributed by atoms with Crippen LogP contribution in [0.25, 0.3) is 0 Å². The monoisotopic (exact) mass is 263 g/mol. The van der Waals surface area contributed by atoms with E-state index in [2.05, 4.69) is 18.7 Å². The second-order valence-corrected chi connectivity index (χ2v) is 5.65. The van der Waals surface area contributed by atoms with Gasteiger partial charge in [-0.2, -0.15) is 0 Å². The summed E-state index contributed by atoms with van der Waals surface area (Å²) in [6.07, 6.45) is 3.42. The van der Waals surface area contributed by atoms with Crippen LogP contribution in [-0.4, -0.2) is 17.5 Å². The van der Waals surface area contributed by atoms with Gasteiger partial charge in [-0.3, -0.25) is 10.1 Å². The smallest absolute Gasteiger partial charge is 0.273 e. The van der Waals surface area contributed by atoms with E-state index in [9.17, 15) is 10.1 Å². The van der Waals surface area contributed by atoms with E-state index in [1.54, 1.807) is 6.07 Å². The first-order chi connectivity index (χ1) is 8.97. The van der Waals surface area contributed by atoms with E-state index in [0.29, 0.717) is 17.6 Å². The first kappa shape index (κ1) is 13.6. The number of hydrogen-bond donors (Lipinski definition) is 1. The van der Waals surface area contributed by atoms with Crippen molar-refractivity contribution in [3.8, 4) is 0 Å². The summed E-state index contributed by atoms with van der Waals surface area (Å²) in [5.41, 5.74) is 7.20. The summed E-state index contributed by atoms with van der Waals surface area (Å²) in [5.74, 6) is 0.622. The number of nitrogens with two attached hydrogens (primary N) is 1. The molecular weight excluding hydrogens is 242 g/mol. The Kier molecular flexibility index (Phi) is 3.93. The van der Waals surface area contributed by atoms with Gasteiger partial charge in [-0.15, -0.1) is 0 Å². The number of nitrogen functional groups attached to an aromatic ring is 1. The maximum absolute atomic E-state index is 10.9. The van der Waals surface area contributed by atoms with Gasteiger partial charge in [0.2, 0.25) is 0 Å². The van der Waals surface area contributed by atoms with Crippen molar-refractivity contribution in [2.24, 2.45) is 5.92 Å². The lowest BCUT2D eigenvalue weighted by atomic mass is 10.1. The third-order valence-corrected chi connectivity index (χ3v) is 3.40. The molecule has 5 nitrogen and oxygen atoms in total. The van der Waals surface area contributed by atoms with Crippen molar-refractivity contribution >= 4 is 17.1 Å². The molecule has 0 spiro atoms. The highest BCUT2D eigenvalue weighted by Gasteiger charge is 2.30. The van der Waals surface area contributed by atoms with Gasteiger partial charge in [0.05, 0.1) is 4.92 Å². The molecule has 0 aliphatic heterocycles. The van der Waals surface area contributed by atoms with Crippen LogP contribution in [0.1, 0.15) is 33.1 Å². The molecule has 1 saturated carbocycles. The molecule has 0 unspecified atom stereocenters. The molecule has 2 N–H and O–H groups in total. The molecule has 0 atom stereocenters. The molecule has 0 aromatic heterocycles. The summed E-state index contributed by atoms with van der Waals surface area (Å²) in [6.45, 7) is 5.31. The number of anilines is 2. The fourth-order valence-electron chi connectivity index (χ4n) is 2.20. The van der Waals surface area contributed by atoms with Crippen LogP contribution in [0.15, 0.2) is 18.2 Å². The van der Waals surface area contributed by atoms with Crippen LogP contribution in [0, 0.1) is 16.0 Å².